The predicted octanol–water partition coefficient (Wildman–Crippen LogP) is 1.99. The summed E-state index contributed by atoms with van der Waals surface area (Å²) in [7, 11) is 0. The fourth-order valence-electron chi connectivity index (χ4n) is 1.81. The van der Waals surface area contributed by atoms with Crippen LogP contribution < -0.4 is 0 Å². The first kappa shape index (κ1) is 10.9. The molecular formula is C11H12ClFO2. The van der Waals surface area contributed by atoms with E-state index >= 15 is 0 Å². The minimum Gasteiger partial charge on any atom is -0.390 e. The van der Waals surface area contributed by atoms with E-state index in [-0.39, 0.29) is 5.56 Å². The summed E-state index contributed by atoms with van der Waals surface area (Å²) in [5, 5.41) is 18.5. The summed E-state index contributed by atoms with van der Waals surface area (Å²) in [5.74, 6) is -0.454. The quantitative estimate of drug-likeness (QED) is 0.763. The Bertz CT molecular complexity index is 371. The van der Waals surface area contributed by atoms with Crippen molar-refractivity contribution in [1.29, 1.82) is 0 Å². The van der Waals surface area contributed by atoms with E-state index in [2.05, 4.69) is 0 Å². The van der Waals surface area contributed by atoms with Crippen LogP contribution in [0.2, 0.25) is 0 Å². The molecule has 15 heavy (non-hydrogen) atoms. The van der Waals surface area contributed by atoms with Gasteiger partial charge in [0.25, 0.3) is 0 Å². The number of rotatable bonds is 2. The number of aliphatic hydroxyl groups excluding tert-OH is 1. The molecular weight excluding hydrogens is 219 g/mol. The average molecular weight is 231 g/mol. The first-order valence-electron chi connectivity index (χ1n) is 4.84. The molecule has 1 aromatic carbocycles. The molecule has 1 aliphatic carbocycles. The molecule has 1 saturated carbocycles. The maximum atomic E-state index is 13.4. The maximum absolute atomic E-state index is 13.4. The molecule has 0 saturated heterocycles. The molecule has 4 heteroatoms. The first-order valence-corrected chi connectivity index (χ1v) is 5.28. The van der Waals surface area contributed by atoms with Crippen molar-refractivity contribution in [2.45, 2.75) is 29.9 Å². The standard InChI is InChI=1S/C11H12ClFO2/c12-10(11(15)6-5-9(11)14)7-3-1-2-4-8(7)13/h1-4,9-10,14-15H,5-6H2. The maximum Gasteiger partial charge on any atom is 0.128 e. The molecule has 2 N–H and O–H groups in total. The molecule has 0 heterocycles. The molecule has 0 spiro atoms. The molecule has 82 valence electrons. The Labute approximate surface area is 92.3 Å². The normalized spacial score (nSPS) is 32.1. The molecule has 0 bridgehead atoms. The van der Waals surface area contributed by atoms with Crippen LogP contribution in [0, 0.1) is 5.82 Å². The highest BCUT2D eigenvalue weighted by Crippen LogP contribution is 2.46. The second-order valence-corrected chi connectivity index (χ2v) is 4.37. The van der Waals surface area contributed by atoms with Gasteiger partial charge in [-0.25, -0.2) is 4.39 Å². The molecule has 3 atom stereocenters. The van der Waals surface area contributed by atoms with Gasteiger partial charge in [-0.3, -0.25) is 0 Å². The second-order valence-electron chi connectivity index (χ2n) is 3.93. The van der Waals surface area contributed by atoms with Crippen LogP contribution in [0.25, 0.3) is 0 Å². The topological polar surface area (TPSA) is 40.5 Å². The highest BCUT2D eigenvalue weighted by atomic mass is 35.5. The predicted molar refractivity (Wildman–Crippen MR) is 55.2 cm³/mol. The summed E-state index contributed by atoms with van der Waals surface area (Å²) in [4.78, 5) is 0. The Morgan fingerprint density at radius 1 is 1.47 bits per heavy atom. The van der Waals surface area contributed by atoms with E-state index in [1.165, 1.54) is 12.1 Å². The number of benzene rings is 1. The zero-order valence-corrected chi connectivity index (χ0v) is 8.78. The number of aliphatic hydroxyl groups is 2. The highest BCUT2D eigenvalue weighted by Gasteiger charge is 2.50. The van der Waals surface area contributed by atoms with Gasteiger partial charge in [0.1, 0.15) is 11.4 Å². The van der Waals surface area contributed by atoms with Crippen molar-refractivity contribution in [2.24, 2.45) is 0 Å². The third-order valence-electron chi connectivity index (χ3n) is 3.01. The lowest BCUT2D eigenvalue weighted by atomic mass is 9.73. The minimum atomic E-state index is -1.39. The van der Waals surface area contributed by atoms with Crippen LogP contribution >= 0.6 is 11.6 Å². The van der Waals surface area contributed by atoms with E-state index in [1.54, 1.807) is 12.1 Å². The van der Waals surface area contributed by atoms with Crippen molar-refractivity contribution in [3.63, 3.8) is 0 Å². The van der Waals surface area contributed by atoms with Gasteiger partial charge in [0.2, 0.25) is 0 Å². The Kier molecular flexibility index (Phi) is 2.71. The van der Waals surface area contributed by atoms with Crippen molar-refractivity contribution in [3.8, 4) is 0 Å². The Hall–Kier alpha value is -0.640. The lowest BCUT2D eigenvalue weighted by molar-refractivity contribution is -0.147. The van der Waals surface area contributed by atoms with E-state index in [1.807, 2.05) is 0 Å². The van der Waals surface area contributed by atoms with Crippen molar-refractivity contribution in [3.05, 3.63) is 35.6 Å². The van der Waals surface area contributed by atoms with Gasteiger partial charge < -0.3 is 10.2 Å². The Balaban J connectivity index is 2.28. The van der Waals surface area contributed by atoms with Gasteiger partial charge in [0, 0.05) is 5.56 Å². The first-order chi connectivity index (χ1) is 7.05. The zero-order valence-electron chi connectivity index (χ0n) is 8.03. The fourth-order valence-corrected chi connectivity index (χ4v) is 2.25. The van der Waals surface area contributed by atoms with Crippen LogP contribution in [0.5, 0.6) is 0 Å². The van der Waals surface area contributed by atoms with E-state index in [4.69, 9.17) is 11.6 Å². The summed E-state index contributed by atoms with van der Waals surface area (Å²) in [6, 6.07) is 6.03. The summed E-state index contributed by atoms with van der Waals surface area (Å²) in [6.45, 7) is 0. The van der Waals surface area contributed by atoms with E-state index in [0.29, 0.717) is 12.8 Å². The third-order valence-corrected chi connectivity index (χ3v) is 3.63. The van der Waals surface area contributed by atoms with Gasteiger partial charge in [-0.15, -0.1) is 11.6 Å². The van der Waals surface area contributed by atoms with Crippen LogP contribution in [0.15, 0.2) is 24.3 Å². The fraction of sp³-hybridized carbons (Fsp3) is 0.455. The van der Waals surface area contributed by atoms with Crippen molar-refractivity contribution in [1.82, 2.24) is 0 Å². The molecule has 0 aromatic heterocycles. The van der Waals surface area contributed by atoms with Gasteiger partial charge in [-0.2, -0.15) is 0 Å². The van der Waals surface area contributed by atoms with E-state index < -0.39 is 22.9 Å². The van der Waals surface area contributed by atoms with Crippen LogP contribution in [0.1, 0.15) is 23.8 Å². The summed E-state index contributed by atoms with van der Waals surface area (Å²) >= 11 is 6.00. The van der Waals surface area contributed by atoms with Gasteiger partial charge in [-0.05, 0) is 18.9 Å². The van der Waals surface area contributed by atoms with E-state index in [0.717, 1.165) is 0 Å². The number of halogens is 2. The molecule has 0 aliphatic heterocycles. The van der Waals surface area contributed by atoms with Crippen LogP contribution in [0.3, 0.4) is 0 Å². The van der Waals surface area contributed by atoms with Gasteiger partial charge in [-0.1, -0.05) is 18.2 Å². The minimum absolute atomic E-state index is 0.236. The van der Waals surface area contributed by atoms with Crippen molar-refractivity contribution < 1.29 is 14.6 Å². The molecule has 1 aromatic rings. The molecule has 2 nitrogen and oxygen atoms in total. The van der Waals surface area contributed by atoms with Gasteiger partial charge in [0.15, 0.2) is 0 Å². The largest absolute Gasteiger partial charge is 0.390 e. The molecule has 0 amide bonds. The SMILES string of the molecule is OC1CCC1(O)C(Cl)c1ccccc1F. The summed E-state index contributed by atoms with van der Waals surface area (Å²) < 4.78 is 13.4. The van der Waals surface area contributed by atoms with Crippen molar-refractivity contribution in [2.75, 3.05) is 0 Å². The lowest BCUT2D eigenvalue weighted by Crippen LogP contribution is -2.54. The average Bonchev–Trinajstić information content (AvgIpc) is 2.25. The monoisotopic (exact) mass is 230 g/mol. The Morgan fingerprint density at radius 3 is 2.60 bits per heavy atom. The lowest BCUT2D eigenvalue weighted by Gasteiger charge is -2.45. The third kappa shape index (κ3) is 1.65. The zero-order chi connectivity index (χ0) is 11.1. The Morgan fingerprint density at radius 2 is 2.13 bits per heavy atom. The molecule has 1 fully saturated rings. The smallest absolute Gasteiger partial charge is 0.128 e. The van der Waals surface area contributed by atoms with E-state index in [9.17, 15) is 14.6 Å². The molecule has 2 rings (SSSR count). The van der Waals surface area contributed by atoms with Crippen LogP contribution in [-0.4, -0.2) is 21.9 Å². The number of hydrogen-bond acceptors (Lipinski definition) is 2. The molecule has 3 unspecified atom stereocenters. The number of hydrogen-bond donors (Lipinski definition) is 2. The van der Waals surface area contributed by atoms with Crippen LogP contribution in [0.4, 0.5) is 4.39 Å². The van der Waals surface area contributed by atoms with Gasteiger partial charge in [0.05, 0.1) is 11.5 Å². The highest BCUT2D eigenvalue weighted by molar-refractivity contribution is 6.21. The summed E-state index contributed by atoms with van der Waals surface area (Å²) in [5.41, 5.74) is -1.15. The van der Waals surface area contributed by atoms with Crippen molar-refractivity contribution >= 4 is 11.6 Å². The molecule has 1 aliphatic rings. The number of alkyl halides is 1. The van der Waals surface area contributed by atoms with Gasteiger partial charge >= 0.3 is 0 Å². The summed E-state index contributed by atoms with van der Waals surface area (Å²) in [6.07, 6.45) is 0.0461. The molecule has 0 radical (unpaired) electrons. The second kappa shape index (κ2) is 3.74. The van der Waals surface area contributed by atoms with Crippen LogP contribution in [-0.2, 0) is 0 Å².